The van der Waals surface area contributed by atoms with Crippen molar-refractivity contribution < 1.29 is 9.59 Å². The zero-order valence-corrected chi connectivity index (χ0v) is 18.4. The first kappa shape index (κ1) is 21.8. The van der Waals surface area contributed by atoms with E-state index in [1.807, 2.05) is 60.7 Å². The molecule has 3 aromatic rings. The fraction of sp³-hybridized carbons (Fsp3) is 0.200. The van der Waals surface area contributed by atoms with Crippen LogP contribution in [0.15, 0.2) is 89.4 Å². The standard InChI is InChI=1S/C25H25BrN2O2/c1-18(29)28-24(21-12-14-22(26)15-13-21)16-25(30)27-17-23(19-8-4-2-5-9-19)20-10-6-3-7-11-20/h2-15,23-24H,16-17H2,1H3,(H,27,30)(H,28,29). The van der Waals surface area contributed by atoms with Crippen LogP contribution in [0.3, 0.4) is 0 Å². The normalized spacial score (nSPS) is 11.7. The largest absolute Gasteiger partial charge is 0.355 e. The number of benzene rings is 3. The predicted molar refractivity (Wildman–Crippen MR) is 123 cm³/mol. The molecule has 0 saturated heterocycles. The van der Waals surface area contributed by atoms with E-state index >= 15 is 0 Å². The first-order valence-electron chi connectivity index (χ1n) is 9.92. The van der Waals surface area contributed by atoms with Crippen molar-refractivity contribution in [2.24, 2.45) is 0 Å². The molecule has 0 aliphatic carbocycles. The zero-order valence-electron chi connectivity index (χ0n) is 16.8. The van der Waals surface area contributed by atoms with Gasteiger partial charge in [-0.15, -0.1) is 0 Å². The molecule has 0 heterocycles. The first-order chi connectivity index (χ1) is 14.5. The maximum atomic E-state index is 12.8. The van der Waals surface area contributed by atoms with Gasteiger partial charge in [-0.1, -0.05) is 88.7 Å². The average Bonchev–Trinajstić information content (AvgIpc) is 2.75. The van der Waals surface area contributed by atoms with Crippen molar-refractivity contribution in [3.05, 3.63) is 106 Å². The molecule has 0 aromatic heterocycles. The molecule has 1 atom stereocenters. The van der Waals surface area contributed by atoms with E-state index in [4.69, 9.17) is 0 Å². The van der Waals surface area contributed by atoms with E-state index < -0.39 is 0 Å². The van der Waals surface area contributed by atoms with Crippen LogP contribution in [0.4, 0.5) is 0 Å². The van der Waals surface area contributed by atoms with Crippen LogP contribution in [-0.2, 0) is 9.59 Å². The van der Waals surface area contributed by atoms with Gasteiger partial charge in [0.05, 0.1) is 12.5 Å². The van der Waals surface area contributed by atoms with Crippen LogP contribution in [0, 0.1) is 0 Å². The third-order valence-corrected chi connectivity index (χ3v) is 5.48. The lowest BCUT2D eigenvalue weighted by Gasteiger charge is -2.21. The van der Waals surface area contributed by atoms with Gasteiger partial charge in [-0.25, -0.2) is 0 Å². The summed E-state index contributed by atoms with van der Waals surface area (Å²) in [5, 5.41) is 5.95. The van der Waals surface area contributed by atoms with Crippen LogP contribution in [0.5, 0.6) is 0 Å². The van der Waals surface area contributed by atoms with Crippen molar-refractivity contribution in [3.8, 4) is 0 Å². The third kappa shape index (κ3) is 6.29. The Labute approximate surface area is 185 Å². The van der Waals surface area contributed by atoms with E-state index in [0.29, 0.717) is 6.54 Å². The number of hydrogen-bond acceptors (Lipinski definition) is 2. The quantitative estimate of drug-likeness (QED) is 0.494. The molecule has 3 rings (SSSR count). The van der Waals surface area contributed by atoms with Crippen LogP contribution in [-0.4, -0.2) is 18.4 Å². The molecular weight excluding hydrogens is 440 g/mol. The predicted octanol–water partition coefficient (Wildman–Crippen LogP) is 4.96. The molecule has 0 bridgehead atoms. The van der Waals surface area contributed by atoms with Gasteiger partial charge in [-0.3, -0.25) is 9.59 Å². The summed E-state index contributed by atoms with van der Waals surface area (Å²) in [6.45, 7) is 1.95. The van der Waals surface area contributed by atoms with Crippen molar-refractivity contribution in [1.29, 1.82) is 0 Å². The molecule has 0 spiro atoms. The van der Waals surface area contributed by atoms with Crippen LogP contribution < -0.4 is 10.6 Å². The topological polar surface area (TPSA) is 58.2 Å². The van der Waals surface area contributed by atoms with E-state index in [2.05, 4.69) is 50.8 Å². The van der Waals surface area contributed by atoms with Gasteiger partial charge in [0.25, 0.3) is 0 Å². The molecule has 2 N–H and O–H groups in total. The lowest BCUT2D eigenvalue weighted by atomic mass is 9.91. The molecule has 1 unspecified atom stereocenters. The number of halogens is 1. The Bertz CT molecular complexity index is 920. The lowest BCUT2D eigenvalue weighted by molar-refractivity contribution is -0.122. The molecular formula is C25H25BrN2O2. The van der Waals surface area contributed by atoms with Crippen LogP contribution in [0.2, 0.25) is 0 Å². The number of carbonyl (C=O) groups excluding carboxylic acids is 2. The number of nitrogens with one attached hydrogen (secondary N) is 2. The van der Waals surface area contributed by atoms with E-state index in [0.717, 1.165) is 21.2 Å². The second kappa shape index (κ2) is 10.7. The number of hydrogen-bond donors (Lipinski definition) is 2. The van der Waals surface area contributed by atoms with E-state index in [-0.39, 0.29) is 30.2 Å². The number of amides is 2. The summed E-state index contributed by atoms with van der Waals surface area (Å²) in [5.74, 6) is -0.209. The minimum Gasteiger partial charge on any atom is -0.355 e. The number of carbonyl (C=O) groups is 2. The van der Waals surface area contributed by atoms with Crippen LogP contribution in [0.1, 0.15) is 42.0 Å². The fourth-order valence-corrected chi connectivity index (χ4v) is 3.73. The van der Waals surface area contributed by atoms with Crippen molar-refractivity contribution in [3.63, 3.8) is 0 Å². The Balaban J connectivity index is 1.71. The molecule has 0 saturated carbocycles. The maximum Gasteiger partial charge on any atom is 0.222 e. The average molecular weight is 465 g/mol. The van der Waals surface area contributed by atoms with Gasteiger partial charge in [-0.2, -0.15) is 0 Å². The highest BCUT2D eigenvalue weighted by Gasteiger charge is 2.19. The van der Waals surface area contributed by atoms with Gasteiger partial charge in [0, 0.05) is 23.9 Å². The molecule has 4 nitrogen and oxygen atoms in total. The fourth-order valence-electron chi connectivity index (χ4n) is 3.46. The second-order valence-corrected chi connectivity index (χ2v) is 8.10. The smallest absolute Gasteiger partial charge is 0.222 e. The summed E-state index contributed by atoms with van der Waals surface area (Å²) >= 11 is 3.41. The molecule has 2 amide bonds. The van der Waals surface area contributed by atoms with Gasteiger partial charge >= 0.3 is 0 Å². The Morgan fingerprint density at radius 3 is 1.83 bits per heavy atom. The van der Waals surface area contributed by atoms with Gasteiger partial charge < -0.3 is 10.6 Å². The summed E-state index contributed by atoms with van der Waals surface area (Å²) in [7, 11) is 0. The second-order valence-electron chi connectivity index (χ2n) is 7.19. The van der Waals surface area contributed by atoms with Crippen LogP contribution >= 0.6 is 15.9 Å². The molecule has 0 radical (unpaired) electrons. The minimum atomic E-state index is -0.373. The van der Waals surface area contributed by atoms with Crippen molar-refractivity contribution >= 4 is 27.7 Å². The molecule has 0 fully saturated rings. The van der Waals surface area contributed by atoms with Crippen molar-refractivity contribution in [1.82, 2.24) is 10.6 Å². The minimum absolute atomic E-state index is 0.0586. The molecule has 0 aliphatic heterocycles. The SMILES string of the molecule is CC(=O)NC(CC(=O)NCC(c1ccccc1)c1ccccc1)c1ccc(Br)cc1. The van der Waals surface area contributed by atoms with Gasteiger partial charge in [0.2, 0.25) is 11.8 Å². The molecule has 3 aromatic carbocycles. The van der Waals surface area contributed by atoms with E-state index in [9.17, 15) is 9.59 Å². The Morgan fingerprint density at radius 1 is 0.800 bits per heavy atom. The van der Waals surface area contributed by atoms with E-state index in [1.165, 1.54) is 6.92 Å². The van der Waals surface area contributed by atoms with Gasteiger partial charge in [0.15, 0.2) is 0 Å². The van der Waals surface area contributed by atoms with Crippen LogP contribution in [0.25, 0.3) is 0 Å². The summed E-state index contributed by atoms with van der Waals surface area (Å²) in [6.07, 6.45) is 0.178. The molecule has 5 heteroatoms. The zero-order chi connectivity index (χ0) is 21.3. The third-order valence-electron chi connectivity index (χ3n) is 4.95. The summed E-state index contributed by atoms with van der Waals surface area (Å²) in [6, 6.07) is 27.6. The van der Waals surface area contributed by atoms with Gasteiger partial charge in [-0.05, 0) is 28.8 Å². The summed E-state index contributed by atoms with van der Waals surface area (Å²) in [5.41, 5.74) is 3.19. The lowest BCUT2D eigenvalue weighted by Crippen LogP contribution is -2.34. The van der Waals surface area contributed by atoms with Crippen molar-refractivity contribution in [2.45, 2.75) is 25.3 Å². The Hall–Kier alpha value is -2.92. The highest BCUT2D eigenvalue weighted by molar-refractivity contribution is 9.10. The number of rotatable bonds is 8. The highest BCUT2D eigenvalue weighted by Crippen LogP contribution is 2.24. The summed E-state index contributed by atoms with van der Waals surface area (Å²) < 4.78 is 0.950. The van der Waals surface area contributed by atoms with Gasteiger partial charge in [0.1, 0.15) is 0 Å². The van der Waals surface area contributed by atoms with E-state index in [1.54, 1.807) is 0 Å². The maximum absolute atomic E-state index is 12.8. The summed E-state index contributed by atoms with van der Waals surface area (Å²) in [4.78, 5) is 24.4. The monoisotopic (exact) mass is 464 g/mol. The first-order valence-corrected chi connectivity index (χ1v) is 10.7. The Morgan fingerprint density at radius 2 is 1.33 bits per heavy atom. The van der Waals surface area contributed by atoms with Crippen molar-refractivity contribution in [2.75, 3.05) is 6.54 Å². The molecule has 0 aliphatic rings. The molecule has 154 valence electrons. The highest BCUT2D eigenvalue weighted by atomic mass is 79.9. The Kier molecular flexibility index (Phi) is 7.80. The molecule has 30 heavy (non-hydrogen) atoms.